The van der Waals surface area contributed by atoms with Gasteiger partial charge in [0.15, 0.2) is 5.75 Å². The Balaban J connectivity index is 2.07. The highest BCUT2D eigenvalue weighted by Gasteiger charge is 2.32. The van der Waals surface area contributed by atoms with E-state index in [-0.39, 0.29) is 34.4 Å². The summed E-state index contributed by atoms with van der Waals surface area (Å²) in [7, 11) is 0. The Labute approximate surface area is 107 Å². The molecule has 98 valence electrons. The molecule has 4 heteroatoms. The first kappa shape index (κ1) is 12.7. The highest BCUT2D eigenvalue weighted by atomic mass is 16.3. The average molecular weight is 248 g/mol. The lowest BCUT2D eigenvalue weighted by molar-refractivity contribution is 0.0933. The van der Waals surface area contributed by atoms with E-state index < -0.39 is 0 Å². The Morgan fingerprint density at radius 2 is 2.22 bits per heavy atom. The number of carbonyl (C=O) groups is 1. The normalized spacial score (nSPS) is 21.8. The van der Waals surface area contributed by atoms with E-state index in [1.54, 1.807) is 18.2 Å². The highest BCUT2D eigenvalue weighted by Crippen LogP contribution is 2.37. The molecule has 0 spiro atoms. The summed E-state index contributed by atoms with van der Waals surface area (Å²) in [4.78, 5) is 12.1. The Morgan fingerprint density at radius 1 is 1.50 bits per heavy atom. The number of anilines is 1. The number of hydrogen-bond acceptors (Lipinski definition) is 3. The molecule has 18 heavy (non-hydrogen) atoms. The minimum absolute atomic E-state index is 0.132. The highest BCUT2D eigenvalue weighted by molar-refractivity contribution is 5.98. The number of hydrogen-bond donors (Lipinski definition) is 3. The van der Waals surface area contributed by atoms with E-state index >= 15 is 0 Å². The first-order chi connectivity index (χ1) is 8.39. The third kappa shape index (κ3) is 2.58. The second kappa shape index (κ2) is 4.52. The van der Waals surface area contributed by atoms with Gasteiger partial charge >= 0.3 is 0 Å². The van der Waals surface area contributed by atoms with Gasteiger partial charge in [-0.25, -0.2) is 0 Å². The van der Waals surface area contributed by atoms with Crippen LogP contribution in [0.5, 0.6) is 5.75 Å². The number of rotatable bonds is 2. The smallest absolute Gasteiger partial charge is 0.255 e. The number of para-hydroxylation sites is 1. The largest absolute Gasteiger partial charge is 0.505 e. The molecule has 1 saturated carbocycles. The van der Waals surface area contributed by atoms with Crippen molar-refractivity contribution in [3.63, 3.8) is 0 Å². The predicted octanol–water partition coefficient (Wildman–Crippen LogP) is 2.28. The lowest BCUT2D eigenvalue weighted by atomic mass is 9.92. The zero-order valence-corrected chi connectivity index (χ0v) is 10.9. The zero-order chi connectivity index (χ0) is 13.3. The van der Waals surface area contributed by atoms with Crippen molar-refractivity contribution in [1.82, 2.24) is 5.32 Å². The molecule has 1 aliphatic carbocycles. The number of phenols is 1. The topological polar surface area (TPSA) is 75.4 Å². The van der Waals surface area contributed by atoms with Gasteiger partial charge in [-0.1, -0.05) is 19.9 Å². The Kier molecular flexibility index (Phi) is 3.20. The van der Waals surface area contributed by atoms with Crippen LogP contribution in [0, 0.1) is 5.41 Å². The minimum Gasteiger partial charge on any atom is -0.505 e. The zero-order valence-electron chi connectivity index (χ0n) is 10.9. The predicted molar refractivity (Wildman–Crippen MR) is 71.4 cm³/mol. The van der Waals surface area contributed by atoms with Crippen molar-refractivity contribution >= 4 is 11.6 Å². The van der Waals surface area contributed by atoms with E-state index in [1.807, 2.05) is 0 Å². The van der Waals surface area contributed by atoms with Crippen LogP contribution in [0.3, 0.4) is 0 Å². The molecule has 0 radical (unpaired) electrons. The number of amides is 1. The fourth-order valence-electron chi connectivity index (χ4n) is 2.57. The molecule has 1 aliphatic rings. The van der Waals surface area contributed by atoms with E-state index in [4.69, 9.17) is 5.73 Å². The van der Waals surface area contributed by atoms with Gasteiger partial charge in [-0.15, -0.1) is 0 Å². The number of phenolic OH excluding ortho intramolecular Hbond substituents is 1. The summed E-state index contributed by atoms with van der Waals surface area (Å²) in [5.74, 6) is -0.380. The van der Waals surface area contributed by atoms with Gasteiger partial charge in [0.25, 0.3) is 5.91 Å². The van der Waals surface area contributed by atoms with Crippen molar-refractivity contribution < 1.29 is 9.90 Å². The molecule has 0 bridgehead atoms. The third-order valence-corrected chi connectivity index (χ3v) is 3.62. The molecular weight excluding hydrogens is 228 g/mol. The molecule has 0 aliphatic heterocycles. The number of nitrogens with one attached hydrogen (secondary N) is 1. The molecular formula is C14H20N2O2. The minimum atomic E-state index is -0.248. The van der Waals surface area contributed by atoms with Crippen molar-refractivity contribution in [2.45, 2.75) is 39.2 Å². The molecule has 1 aromatic rings. The second-order valence-electron chi connectivity index (χ2n) is 5.82. The van der Waals surface area contributed by atoms with E-state index in [0.717, 1.165) is 19.3 Å². The Bertz CT molecular complexity index is 469. The number of nitrogen functional groups attached to an aromatic ring is 1. The van der Waals surface area contributed by atoms with Crippen molar-refractivity contribution in [2.24, 2.45) is 5.41 Å². The van der Waals surface area contributed by atoms with E-state index in [0.29, 0.717) is 0 Å². The van der Waals surface area contributed by atoms with Crippen molar-refractivity contribution in [2.75, 3.05) is 5.73 Å². The molecule has 2 rings (SSSR count). The fourth-order valence-corrected chi connectivity index (χ4v) is 2.57. The van der Waals surface area contributed by atoms with Gasteiger partial charge < -0.3 is 16.2 Å². The molecule has 1 amide bonds. The molecule has 4 nitrogen and oxygen atoms in total. The lowest BCUT2D eigenvalue weighted by Crippen LogP contribution is -2.33. The van der Waals surface area contributed by atoms with Crippen molar-refractivity contribution in [3.8, 4) is 5.75 Å². The maximum atomic E-state index is 12.1. The fraction of sp³-hybridized carbons (Fsp3) is 0.500. The first-order valence-electron chi connectivity index (χ1n) is 6.27. The Hall–Kier alpha value is -1.71. The standard InChI is InChI=1S/C14H20N2O2/c1-14(2)7-6-9(8-14)16-13(18)10-4-3-5-11(15)12(10)17/h3-5,9,17H,6-8,15H2,1-2H3,(H,16,18). The molecule has 0 aromatic heterocycles. The molecule has 4 N–H and O–H groups in total. The molecule has 0 heterocycles. The monoisotopic (exact) mass is 248 g/mol. The average Bonchev–Trinajstić information content (AvgIpc) is 2.62. The SMILES string of the molecule is CC1(C)CCC(NC(=O)c2cccc(N)c2O)C1. The summed E-state index contributed by atoms with van der Waals surface area (Å²) in [6.07, 6.45) is 3.07. The summed E-state index contributed by atoms with van der Waals surface area (Å²) >= 11 is 0. The van der Waals surface area contributed by atoms with Gasteiger partial charge in [-0.3, -0.25) is 4.79 Å². The molecule has 1 unspecified atom stereocenters. The summed E-state index contributed by atoms with van der Waals surface area (Å²) in [6, 6.07) is 5.02. The molecule has 1 aromatic carbocycles. The lowest BCUT2D eigenvalue weighted by Gasteiger charge is -2.18. The van der Waals surface area contributed by atoms with Gasteiger partial charge in [0.1, 0.15) is 0 Å². The van der Waals surface area contributed by atoms with Crippen molar-refractivity contribution in [3.05, 3.63) is 23.8 Å². The maximum Gasteiger partial charge on any atom is 0.255 e. The van der Waals surface area contributed by atoms with Crippen LogP contribution in [0.4, 0.5) is 5.69 Å². The van der Waals surface area contributed by atoms with E-state index in [9.17, 15) is 9.90 Å². The molecule has 1 atom stereocenters. The summed E-state index contributed by atoms with van der Waals surface area (Å²) < 4.78 is 0. The molecule has 1 fully saturated rings. The van der Waals surface area contributed by atoms with Gasteiger partial charge in [-0.05, 0) is 36.8 Å². The van der Waals surface area contributed by atoms with Gasteiger partial charge in [-0.2, -0.15) is 0 Å². The first-order valence-corrected chi connectivity index (χ1v) is 6.27. The number of aromatic hydroxyl groups is 1. The maximum absolute atomic E-state index is 12.1. The van der Waals surface area contributed by atoms with Gasteiger partial charge in [0.2, 0.25) is 0 Å². The van der Waals surface area contributed by atoms with Crippen LogP contribution in [-0.2, 0) is 0 Å². The Morgan fingerprint density at radius 3 is 2.83 bits per heavy atom. The van der Waals surface area contributed by atoms with E-state index in [1.165, 1.54) is 0 Å². The number of carbonyl (C=O) groups excluding carboxylic acids is 1. The van der Waals surface area contributed by atoms with Crippen LogP contribution in [0.25, 0.3) is 0 Å². The number of nitrogens with two attached hydrogens (primary N) is 1. The van der Waals surface area contributed by atoms with E-state index in [2.05, 4.69) is 19.2 Å². The van der Waals surface area contributed by atoms with Crippen LogP contribution < -0.4 is 11.1 Å². The summed E-state index contributed by atoms with van der Waals surface area (Å²) in [5, 5.41) is 12.7. The van der Waals surface area contributed by atoms with Crippen LogP contribution in [0.2, 0.25) is 0 Å². The van der Waals surface area contributed by atoms with Crippen LogP contribution >= 0.6 is 0 Å². The van der Waals surface area contributed by atoms with Crippen molar-refractivity contribution in [1.29, 1.82) is 0 Å². The van der Waals surface area contributed by atoms with Crippen LogP contribution in [0.15, 0.2) is 18.2 Å². The quantitative estimate of drug-likeness (QED) is 0.555. The summed E-state index contributed by atoms with van der Waals surface area (Å²) in [5.41, 5.74) is 6.35. The molecule has 0 saturated heterocycles. The third-order valence-electron chi connectivity index (χ3n) is 3.62. The summed E-state index contributed by atoms with van der Waals surface area (Å²) in [6.45, 7) is 4.41. The van der Waals surface area contributed by atoms with Gasteiger partial charge in [0.05, 0.1) is 11.3 Å². The van der Waals surface area contributed by atoms with Crippen LogP contribution in [-0.4, -0.2) is 17.1 Å². The van der Waals surface area contributed by atoms with Gasteiger partial charge in [0, 0.05) is 6.04 Å². The second-order valence-corrected chi connectivity index (χ2v) is 5.82. The number of benzene rings is 1. The van der Waals surface area contributed by atoms with Crippen LogP contribution in [0.1, 0.15) is 43.5 Å².